The second-order valence-corrected chi connectivity index (χ2v) is 7.53. The molecular weight excluding hydrogens is 364 g/mol. The fourth-order valence-corrected chi connectivity index (χ4v) is 3.00. The lowest BCUT2D eigenvalue weighted by molar-refractivity contribution is -0.140. The van der Waals surface area contributed by atoms with Crippen LogP contribution in [0.25, 0.3) is 0 Å². The molecule has 2 rings (SSSR count). The Bertz CT molecular complexity index is 817. The zero-order valence-electron chi connectivity index (χ0n) is 18.1. The monoisotopic (exact) mass is 396 g/mol. The average Bonchev–Trinajstić information content (AvgIpc) is 2.73. The van der Waals surface area contributed by atoms with Crippen LogP contribution >= 0.6 is 0 Å². The SMILES string of the molecule is CCC(C)NC(=O)C(C)N(Cc1cccc(OC)c1)C(=O)Cc1ccc(C)cc1. The lowest BCUT2D eigenvalue weighted by Crippen LogP contribution is -2.49. The lowest BCUT2D eigenvalue weighted by Gasteiger charge is -2.30. The molecule has 1 N–H and O–H groups in total. The van der Waals surface area contributed by atoms with Gasteiger partial charge in [-0.2, -0.15) is 0 Å². The Balaban J connectivity index is 2.23. The Morgan fingerprint density at radius 3 is 2.38 bits per heavy atom. The first kappa shape index (κ1) is 22.5. The maximum absolute atomic E-state index is 13.2. The van der Waals surface area contributed by atoms with Crippen molar-refractivity contribution in [2.45, 2.75) is 59.2 Å². The molecule has 2 unspecified atom stereocenters. The molecule has 0 radical (unpaired) electrons. The first-order valence-electron chi connectivity index (χ1n) is 10.1. The number of ether oxygens (including phenoxy) is 1. The van der Waals surface area contributed by atoms with Crippen LogP contribution in [-0.2, 0) is 22.6 Å². The van der Waals surface area contributed by atoms with Crippen molar-refractivity contribution in [2.24, 2.45) is 0 Å². The van der Waals surface area contributed by atoms with E-state index in [4.69, 9.17) is 4.74 Å². The van der Waals surface area contributed by atoms with Crippen LogP contribution in [0.4, 0.5) is 0 Å². The van der Waals surface area contributed by atoms with Crippen molar-refractivity contribution < 1.29 is 14.3 Å². The third-order valence-electron chi connectivity index (χ3n) is 5.13. The van der Waals surface area contributed by atoms with Gasteiger partial charge in [0, 0.05) is 12.6 Å². The van der Waals surface area contributed by atoms with Gasteiger partial charge in [0.15, 0.2) is 0 Å². The van der Waals surface area contributed by atoms with Crippen LogP contribution in [-0.4, -0.2) is 35.9 Å². The number of hydrogen-bond donors (Lipinski definition) is 1. The van der Waals surface area contributed by atoms with Gasteiger partial charge in [-0.25, -0.2) is 0 Å². The van der Waals surface area contributed by atoms with E-state index in [1.54, 1.807) is 18.9 Å². The van der Waals surface area contributed by atoms with Gasteiger partial charge < -0.3 is 15.0 Å². The zero-order valence-corrected chi connectivity index (χ0v) is 18.1. The average molecular weight is 397 g/mol. The van der Waals surface area contributed by atoms with Crippen molar-refractivity contribution in [1.82, 2.24) is 10.2 Å². The van der Waals surface area contributed by atoms with Crippen LogP contribution in [0.3, 0.4) is 0 Å². The summed E-state index contributed by atoms with van der Waals surface area (Å²) in [6.07, 6.45) is 1.09. The molecule has 0 fully saturated rings. The predicted molar refractivity (Wildman–Crippen MR) is 116 cm³/mol. The number of methoxy groups -OCH3 is 1. The number of nitrogens with one attached hydrogen (secondary N) is 1. The van der Waals surface area contributed by atoms with Gasteiger partial charge >= 0.3 is 0 Å². The summed E-state index contributed by atoms with van der Waals surface area (Å²) < 4.78 is 5.30. The molecule has 0 aliphatic rings. The second kappa shape index (κ2) is 10.6. The molecule has 0 aliphatic heterocycles. The first-order valence-corrected chi connectivity index (χ1v) is 10.1. The van der Waals surface area contributed by atoms with E-state index in [1.807, 2.05) is 69.3 Å². The van der Waals surface area contributed by atoms with E-state index in [0.717, 1.165) is 28.9 Å². The summed E-state index contributed by atoms with van der Waals surface area (Å²) in [6.45, 7) is 8.13. The number of benzene rings is 2. The smallest absolute Gasteiger partial charge is 0.242 e. The molecular formula is C24H32N2O3. The molecule has 2 aromatic rings. The normalized spacial score (nSPS) is 12.7. The third kappa shape index (κ3) is 6.63. The fraction of sp³-hybridized carbons (Fsp3) is 0.417. The molecule has 2 atom stereocenters. The summed E-state index contributed by atoms with van der Waals surface area (Å²) in [4.78, 5) is 27.6. The van der Waals surface area contributed by atoms with Crippen molar-refractivity contribution in [1.29, 1.82) is 0 Å². The van der Waals surface area contributed by atoms with Crippen LogP contribution in [0.15, 0.2) is 48.5 Å². The van der Waals surface area contributed by atoms with Gasteiger partial charge in [-0.1, -0.05) is 48.9 Å². The van der Waals surface area contributed by atoms with E-state index in [9.17, 15) is 9.59 Å². The summed E-state index contributed by atoms with van der Waals surface area (Å²) in [6, 6.07) is 15.0. The highest BCUT2D eigenvalue weighted by molar-refractivity contribution is 5.88. The molecule has 5 nitrogen and oxygen atoms in total. The van der Waals surface area contributed by atoms with Gasteiger partial charge in [-0.05, 0) is 50.5 Å². The lowest BCUT2D eigenvalue weighted by atomic mass is 10.1. The van der Waals surface area contributed by atoms with Gasteiger partial charge in [-0.3, -0.25) is 9.59 Å². The maximum atomic E-state index is 13.2. The molecule has 5 heteroatoms. The van der Waals surface area contributed by atoms with E-state index >= 15 is 0 Å². The Morgan fingerprint density at radius 2 is 1.76 bits per heavy atom. The number of rotatable bonds is 9. The van der Waals surface area contributed by atoms with Crippen molar-refractivity contribution in [2.75, 3.05) is 7.11 Å². The number of amides is 2. The highest BCUT2D eigenvalue weighted by Gasteiger charge is 2.27. The van der Waals surface area contributed by atoms with Gasteiger partial charge in [0.25, 0.3) is 0 Å². The quantitative estimate of drug-likeness (QED) is 0.700. The van der Waals surface area contributed by atoms with Crippen LogP contribution < -0.4 is 10.1 Å². The van der Waals surface area contributed by atoms with Gasteiger partial charge in [-0.15, -0.1) is 0 Å². The van der Waals surface area contributed by atoms with E-state index in [-0.39, 0.29) is 24.3 Å². The van der Waals surface area contributed by atoms with E-state index in [0.29, 0.717) is 6.54 Å². The molecule has 2 aromatic carbocycles. The standard InChI is InChI=1S/C24H32N2O3/c1-6-18(3)25-24(28)19(4)26(16-21-8-7-9-22(14-21)29-5)23(27)15-20-12-10-17(2)11-13-20/h7-14,18-19H,6,15-16H2,1-5H3,(H,25,28). The minimum absolute atomic E-state index is 0.0656. The first-order chi connectivity index (χ1) is 13.8. The molecule has 0 aromatic heterocycles. The zero-order chi connectivity index (χ0) is 21.4. The van der Waals surface area contributed by atoms with Gasteiger partial charge in [0.1, 0.15) is 11.8 Å². The van der Waals surface area contributed by atoms with Crippen molar-refractivity contribution in [3.8, 4) is 5.75 Å². The van der Waals surface area contributed by atoms with Crippen LogP contribution in [0.5, 0.6) is 5.75 Å². The molecule has 0 bridgehead atoms. The summed E-state index contributed by atoms with van der Waals surface area (Å²) in [5.74, 6) is 0.508. The number of hydrogen-bond acceptors (Lipinski definition) is 3. The number of carbonyl (C=O) groups excluding carboxylic acids is 2. The Morgan fingerprint density at radius 1 is 1.07 bits per heavy atom. The second-order valence-electron chi connectivity index (χ2n) is 7.53. The fourth-order valence-electron chi connectivity index (χ4n) is 3.00. The minimum Gasteiger partial charge on any atom is -0.497 e. The van der Waals surface area contributed by atoms with Crippen LogP contribution in [0, 0.1) is 6.92 Å². The summed E-state index contributed by atoms with van der Waals surface area (Å²) in [7, 11) is 1.61. The molecule has 0 heterocycles. The Hall–Kier alpha value is -2.82. The summed E-state index contributed by atoms with van der Waals surface area (Å²) in [5, 5.41) is 2.99. The largest absolute Gasteiger partial charge is 0.497 e. The van der Waals surface area contributed by atoms with Crippen LogP contribution in [0.2, 0.25) is 0 Å². The van der Waals surface area contributed by atoms with Crippen molar-refractivity contribution in [3.63, 3.8) is 0 Å². The van der Waals surface area contributed by atoms with Gasteiger partial charge in [0.05, 0.1) is 13.5 Å². The molecule has 29 heavy (non-hydrogen) atoms. The topological polar surface area (TPSA) is 58.6 Å². The minimum atomic E-state index is -0.576. The van der Waals surface area contributed by atoms with E-state index in [2.05, 4.69) is 5.32 Å². The van der Waals surface area contributed by atoms with Crippen LogP contribution in [0.1, 0.15) is 43.9 Å². The molecule has 156 valence electrons. The van der Waals surface area contributed by atoms with Crippen molar-refractivity contribution >= 4 is 11.8 Å². The summed E-state index contributed by atoms with van der Waals surface area (Å²) >= 11 is 0. The Labute approximate surface area is 174 Å². The van der Waals surface area contributed by atoms with Gasteiger partial charge in [0.2, 0.25) is 11.8 Å². The number of carbonyl (C=O) groups is 2. The maximum Gasteiger partial charge on any atom is 0.242 e. The third-order valence-corrected chi connectivity index (χ3v) is 5.13. The van der Waals surface area contributed by atoms with E-state index < -0.39 is 6.04 Å². The number of nitrogens with zero attached hydrogens (tertiary/aromatic N) is 1. The highest BCUT2D eigenvalue weighted by atomic mass is 16.5. The Kier molecular flexibility index (Phi) is 8.25. The summed E-state index contributed by atoms with van der Waals surface area (Å²) in [5.41, 5.74) is 3.01. The molecule has 0 aliphatic carbocycles. The predicted octanol–water partition coefficient (Wildman–Crippen LogP) is 3.88. The van der Waals surface area contributed by atoms with E-state index in [1.165, 1.54) is 0 Å². The molecule has 2 amide bonds. The molecule has 0 saturated heterocycles. The van der Waals surface area contributed by atoms with Crippen molar-refractivity contribution in [3.05, 3.63) is 65.2 Å². The molecule has 0 spiro atoms. The highest BCUT2D eigenvalue weighted by Crippen LogP contribution is 2.17. The number of aryl methyl sites for hydroxylation is 1. The molecule has 0 saturated carbocycles.